The molecule has 5 aliphatic carbocycles. The second-order valence-electron chi connectivity index (χ2n) is 42.5. The predicted molar refractivity (Wildman–Crippen MR) is 457 cm³/mol. The summed E-state index contributed by atoms with van der Waals surface area (Å²) in [5, 5.41) is 244. The average molecular weight is 1970 g/mol. The van der Waals surface area contributed by atoms with Gasteiger partial charge in [-0.2, -0.15) is 0 Å². The highest BCUT2D eigenvalue weighted by Gasteiger charge is 2.71. The van der Waals surface area contributed by atoms with Crippen LogP contribution in [0.5, 0.6) is 0 Å². The molecule has 8 saturated heterocycles. The molecule has 13 rings (SSSR count). The van der Waals surface area contributed by atoms with Crippen LogP contribution in [0.4, 0.5) is 0 Å². The first-order valence-corrected chi connectivity index (χ1v) is 48.2. The summed E-state index contributed by atoms with van der Waals surface area (Å²) in [4.78, 5) is 71.3. The Labute approximate surface area is 793 Å². The molecule has 13 aliphatic rings. The van der Waals surface area contributed by atoms with Crippen molar-refractivity contribution in [2.24, 2.45) is 68.5 Å². The quantitative estimate of drug-likeness (QED) is 0.00931. The largest absolute Gasteiger partial charge is 0.479 e. The van der Waals surface area contributed by atoms with Gasteiger partial charge in [0, 0.05) is 25.2 Å². The van der Waals surface area contributed by atoms with Crippen molar-refractivity contribution in [3.8, 4) is 0 Å². The number of carboxylic acid groups (broad SMARTS) is 1. The summed E-state index contributed by atoms with van der Waals surface area (Å²) in [5.74, 6) is -8.52. The normalized spacial score (nSPS) is 48.5. The van der Waals surface area contributed by atoms with Crippen molar-refractivity contribution in [2.75, 3.05) is 39.6 Å². The minimum atomic E-state index is -2.18. The van der Waals surface area contributed by atoms with E-state index in [1.165, 1.54) is 13.8 Å². The molecule has 51 atom stereocenters. The fourth-order valence-electron chi connectivity index (χ4n) is 24.3. The van der Waals surface area contributed by atoms with Crippen molar-refractivity contribution in [1.29, 1.82) is 0 Å². The van der Waals surface area contributed by atoms with Gasteiger partial charge in [-0.05, 0) is 116 Å². The van der Waals surface area contributed by atoms with E-state index >= 15 is 4.79 Å². The number of allylic oxidation sites excluding steroid dienone is 2. The Morgan fingerprint density at radius 2 is 1.12 bits per heavy atom. The number of rotatable bonds is 35. The fourth-order valence-corrected chi connectivity index (χ4v) is 24.3. The summed E-state index contributed by atoms with van der Waals surface area (Å²) in [7, 11) is 0. The summed E-state index contributed by atoms with van der Waals surface area (Å²) in [6, 6.07) is 0. The molecule has 8 heterocycles. The summed E-state index contributed by atoms with van der Waals surface area (Å²) < 4.78 is 108. The lowest BCUT2D eigenvalue weighted by molar-refractivity contribution is -0.382. The number of fused-ring (bicyclic) bond motifs is 7. The molecule has 0 aromatic heterocycles. The molecule has 45 nitrogen and oxygen atoms in total. The Morgan fingerprint density at radius 1 is 0.526 bits per heavy atom. The van der Waals surface area contributed by atoms with Crippen LogP contribution in [0.3, 0.4) is 0 Å². The lowest BCUT2D eigenvalue weighted by atomic mass is 9.34. The molecule has 12 fully saturated rings. The maximum absolute atomic E-state index is 15.8. The van der Waals surface area contributed by atoms with Gasteiger partial charge in [-0.1, -0.05) is 93.7 Å². The van der Waals surface area contributed by atoms with Gasteiger partial charge < -0.3 is 202 Å². The monoisotopic (exact) mass is 1970 g/mol. The topological polar surface area (TPSA) is 697 Å². The average Bonchev–Trinajstić information content (AvgIpc) is 0.942. The van der Waals surface area contributed by atoms with Crippen LogP contribution in [0.1, 0.15) is 179 Å². The molecule has 0 spiro atoms. The second kappa shape index (κ2) is 44.3. The number of hydrogen-bond acceptors (Lipinski definition) is 44. The van der Waals surface area contributed by atoms with Gasteiger partial charge in [-0.15, -0.1) is 0 Å². The van der Waals surface area contributed by atoms with Crippen LogP contribution in [0, 0.1) is 68.5 Å². The lowest BCUT2D eigenvalue weighted by Gasteiger charge is -2.71. The first-order chi connectivity index (χ1) is 64.4. The molecule has 0 radical (unpaired) electrons. The molecule has 22 N–H and O–H groups in total. The maximum Gasteiger partial charge on any atom is 0.335 e. The van der Waals surface area contributed by atoms with E-state index in [-0.39, 0.29) is 43.9 Å². The van der Waals surface area contributed by atoms with Gasteiger partial charge in [-0.3, -0.25) is 14.4 Å². The number of carboxylic acids is 1. The molecule has 0 amide bonds. The molecule has 0 aromatic rings. The minimum absolute atomic E-state index is 0.121. The maximum atomic E-state index is 15.8. The number of aliphatic hydroxyl groups is 21. The molecule has 8 aliphatic heterocycles. The zero-order valence-electron chi connectivity index (χ0n) is 79.3. The molecule has 137 heavy (non-hydrogen) atoms. The van der Waals surface area contributed by atoms with Gasteiger partial charge in [-0.25, -0.2) is 4.79 Å². The summed E-state index contributed by atoms with van der Waals surface area (Å²) >= 11 is 0. The minimum Gasteiger partial charge on any atom is -0.479 e. The standard InChI is InChI=1S/C92H148O45/c1-13-36(3)49(125-56(103)23-41(98)22-50(37(4)14-2)127-83-65(110)62(107)52(30-94)128-83)21-40(97)24-57(104)130-71-39(6)124-84(75(67(71)112)136-82-66(111)63(108)70(38(5)123-82)132-81-69(114)72(48(102)32-121-81)133-86-77(115)92(119,34-96)35-122-86)137-79(118)43-27-87(7,8)26-42-44-15-16-54-88(9)19-18-55(89(10,33-95)53(88)17-20-90(54,11)91(44,12)28-46(100)59(42)43)129-85-76(131-58-25-45(99)60(105)51(29-93)126-58)73(68(113)74(135-85)78(116)117)134-80-64(109)61(106)47(101)31-120-80/h15,33,36-43,45-55,58-77,80-86,93-94,96-102,105-115,119H,13-14,16-32,34-35H2,1-12H3,(H,116,117). The number of ether oxygens (including phenoxy) is 18. The van der Waals surface area contributed by atoms with Crippen molar-refractivity contribution < 1.29 is 222 Å². The van der Waals surface area contributed by atoms with Crippen molar-refractivity contribution in [3.05, 3.63) is 11.6 Å². The number of esters is 3. The highest BCUT2D eigenvalue weighted by molar-refractivity contribution is 5.74. The van der Waals surface area contributed by atoms with Crippen LogP contribution in [-0.2, 0) is 109 Å². The number of aliphatic hydroxyl groups excluding tert-OH is 20. The summed E-state index contributed by atoms with van der Waals surface area (Å²) in [6.07, 6.45) is -60.8. The van der Waals surface area contributed by atoms with Gasteiger partial charge in [0.25, 0.3) is 0 Å². The van der Waals surface area contributed by atoms with Gasteiger partial charge in [0.2, 0.25) is 6.29 Å². The van der Waals surface area contributed by atoms with Crippen molar-refractivity contribution in [1.82, 2.24) is 0 Å². The number of aliphatic carboxylic acids is 1. The number of carbonyl (C=O) groups excluding carboxylic acids is 4. The van der Waals surface area contributed by atoms with E-state index in [4.69, 9.17) is 85.3 Å². The van der Waals surface area contributed by atoms with Crippen LogP contribution >= 0.6 is 0 Å². The highest BCUT2D eigenvalue weighted by atomic mass is 16.8. The van der Waals surface area contributed by atoms with Gasteiger partial charge >= 0.3 is 23.9 Å². The van der Waals surface area contributed by atoms with Crippen molar-refractivity contribution in [2.45, 2.75) is 425 Å². The summed E-state index contributed by atoms with van der Waals surface area (Å²) in [6.45, 7) is 18.0. The third kappa shape index (κ3) is 22.1. The summed E-state index contributed by atoms with van der Waals surface area (Å²) in [5.41, 5.74) is -5.42. The molecule has 0 bridgehead atoms. The van der Waals surface area contributed by atoms with E-state index in [1.54, 1.807) is 20.8 Å². The molecule has 0 aromatic carbocycles. The van der Waals surface area contributed by atoms with Crippen molar-refractivity contribution in [3.63, 3.8) is 0 Å². The van der Waals surface area contributed by atoms with Crippen LogP contribution in [0.25, 0.3) is 0 Å². The van der Waals surface area contributed by atoms with Gasteiger partial charge in [0.05, 0.1) is 113 Å². The van der Waals surface area contributed by atoms with Gasteiger partial charge in [0.1, 0.15) is 134 Å². The smallest absolute Gasteiger partial charge is 0.335 e. The number of aldehydes is 1. The third-order valence-electron chi connectivity index (χ3n) is 32.9. The Morgan fingerprint density at radius 3 is 1.75 bits per heavy atom. The Hall–Kier alpha value is -4.15. The van der Waals surface area contributed by atoms with E-state index in [0.717, 1.165) is 11.9 Å². The predicted octanol–water partition coefficient (Wildman–Crippen LogP) is -4.80. The Bertz CT molecular complexity index is 4040. The SMILES string of the molecule is CCC(C)C(CC(O)CC(=O)OC1C(C)OC(OC(=O)C2CC(C)(C)CC3C4=CCC5C6(C)CCC(OC7OC(C(=O)O)C(O)C(OC8OCC(O)C(O)C8O)C7OC7CC(O)C(O)C(CO)O7)C(C)(C=O)C6CCC5(C)C4(C)CC(O)C23)C(OC2OC(C)C(OC3OCC(O)C(OC4OCC(O)(CO)C4O)C3O)C(O)C2O)C1O)OC(=O)CC(O)CC(OC1OC(CO)C(O)C1O)C(C)CC. The van der Waals surface area contributed by atoms with E-state index < -0.39 is 385 Å². The van der Waals surface area contributed by atoms with E-state index in [0.29, 0.717) is 44.9 Å². The zero-order chi connectivity index (χ0) is 100. The second-order valence-corrected chi connectivity index (χ2v) is 42.5. The molecule has 786 valence electrons. The van der Waals surface area contributed by atoms with Crippen molar-refractivity contribution >= 4 is 30.2 Å². The molecule has 4 saturated carbocycles. The zero-order valence-corrected chi connectivity index (χ0v) is 79.3. The molecular formula is C92H148O45. The molecule has 45 heteroatoms. The fraction of sp³-hybridized carbons (Fsp3) is 0.924. The Kier molecular flexibility index (Phi) is 35.6. The highest BCUT2D eigenvalue weighted by Crippen LogP contribution is 2.75. The lowest BCUT2D eigenvalue weighted by Crippen LogP contribution is -2.68. The first-order valence-electron chi connectivity index (χ1n) is 48.2. The van der Waals surface area contributed by atoms with Crippen LogP contribution < -0.4 is 0 Å². The van der Waals surface area contributed by atoms with E-state index in [2.05, 4.69) is 26.8 Å². The Balaban J connectivity index is 0.725. The third-order valence-corrected chi connectivity index (χ3v) is 32.9. The van der Waals surface area contributed by atoms with E-state index in [1.807, 2.05) is 27.7 Å². The molecule has 51 unspecified atom stereocenters. The first kappa shape index (κ1) is 110. The van der Waals surface area contributed by atoms with Gasteiger partial charge in [0.15, 0.2) is 62.3 Å². The van der Waals surface area contributed by atoms with E-state index in [9.17, 15) is 132 Å². The number of carbonyl (C=O) groups is 5. The number of hydrogen-bond donors (Lipinski definition) is 22. The molecular weight excluding hydrogens is 1820 g/mol. The van der Waals surface area contributed by atoms with Crippen LogP contribution in [0.15, 0.2) is 11.6 Å². The van der Waals surface area contributed by atoms with Crippen LogP contribution in [-0.4, -0.2) is 427 Å². The van der Waals surface area contributed by atoms with Crippen LogP contribution in [0.2, 0.25) is 0 Å².